The number of carboxylic acid groups (broad SMARTS) is 1. The Balaban J connectivity index is 1.17. The molecule has 3 atom stereocenters. The second-order valence-corrected chi connectivity index (χ2v) is 12.2. The molecule has 0 saturated carbocycles. The Hall–Kier alpha value is -2.68. The first-order chi connectivity index (χ1) is 19.2. The number of aryl methyl sites for hydroxylation is 3. The molecule has 0 bridgehead atoms. The zero-order valence-corrected chi connectivity index (χ0v) is 24.5. The van der Waals surface area contributed by atoms with Gasteiger partial charge in [-0.15, -0.1) is 0 Å². The fourth-order valence-corrected chi connectivity index (χ4v) is 6.29. The van der Waals surface area contributed by atoms with Crippen molar-refractivity contribution in [3.05, 3.63) is 52.2 Å². The van der Waals surface area contributed by atoms with E-state index in [-0.39, 0.29) is 17.6 Å². The monoisotopic (exact) mass is 551 g/mol. The Labute approximate surface area is 238 Å². The lowest BCUT2D eigenvalue weighted by Crippen LogP contribution is -2.41. The fourth-order valence-electron chi connectivity index (χ4n) is 6.29. The minimum absolute atomic E-state index is 0.0463. The van der Waals surface area contributed by atoms with E-state index in [0.717, 1.165) is 79.0 Å². The molecule has 0 radical (unpaired) electrons. The van der Waals surface area contributed by atoms with Crippen molar-refractivity contribution in [2.24, 2.45) is 5.92 Å². The van der Waals surface area contributed by atoms with Crippen molar-refractivity contribution in [1.82, 2.24) is 9.88 Å². The van der Waals surface area contributed by atoms with Gasteiger partial charge in [-0.1, -0.05) is 12.1 Å². The number of pyridine rings is 1. The van der Waals surface area contributed by atoms with Crippen molar-refractivity contribution in [1.29, 1.82) is 0 Å². The van der Waals surface area contributed by atoms with E-state index in [9.17, 15) is 9.90 Å². The number of methoxy groups -OCH3 is 1. The predicted molar refractivity (Wildman–Crippen MR) is 155 cm³/mol. The third-order valence-electron chi connectivity index (χ3n) is 8.99. The first-order valence-electron chi connectivity index (χ1n) is 14.9. The number of benzene rings is 1. The summed E-state index contributed by atoms with van der Waals surface area (Å²) in [7, 11) is 1.72. The first-order valence-corrected chi connectivity index (χ1v) is 14.9. The number of hydrogen-bond acceptors (Lipinski definition) is 7. The summed E-state index contributed by atoms with van der Waals surface area (Å²) in [6.45, 7) is 9.70. The summed E-state index contributed by atoms with van der Waals surface area (Å²) in [5, 5.41) is 13.8. The third-order valence-corrected chi connectivity index (χ3v) is 8.99. The first kappa shape index (κ1) is 28.8. The van der Waals surface area contributed by atoms with Crippen LogP contribution in [0.4, 0.5) is 5.82 Å². The number of unbranched alkanes of at least 4 members (excludes halogenated alkanes) is 1. The number of fused-ring (bicyclic) bond motifs is 2. The molecule has 1 saturated heterocycles. The summed E-state index contributed by atoms with van der Waals surface area (Å²) in [6.07, 6.45) is 6.83. The van der Waals surface area contributed by atoms with Crippen LogP contribution in [-0.2, 0) is 33.5 Å². The number of likely N-dealkylation sites (tertiary alicyclic amines) is 1. The van der Waals surface area contributed by atoms with Crippen LogP contribution in [0.2, 0.25) is 0 Å². The van der Waals surface area contributed by atoms with Gasteiger partial charge < -0.3 is 24.6 Å². The molecular formula is C32H45N3O5. The molecule has 1 fully saturated rings. The Kier molecular flexibility index (Phi) is 8.98. The van der Waals surface area contributed by atoms with Gasteiger partial charge in [0.2, 0.25) is 0 Å². The summed E-state index contributed by atoms with van der Waals surface area (Å²) in [5.41, 5.74) is 4.94. The number of anilines is 1. The van der Waals surface area contributed by atoms with E-state index in [0.29, 0.717) is 26.3 Å². The minimum Gasteiger partial charge on any atom is -0.493 e. The van der Waals surface area contributed by atoms with E-state index >= 15 is 0 Å². The third kappa shape index (κ3) is 6.45. The summed E-state index contributed by atoms with van der Waals surface area (Å²) in [5.74, 6) is 1.18. The molecule has 8 nitrogen and oxygen atoms in total. The molecular weight excluding hydrogens is 506 g/mol. The molecule has 1 aromatic heterocycles. The maximum atomic E-state index is 12.7. The van der Waals surface area contributed by atoms with Gasteiger partial charge in [0.1, 0.15) is 17.6 Å². The fraction of sp³-hybridized carbons (Fsp3) is 0.625. The lowest BCUT2D eigenvalue weighted by atomic mass is 9.81. The number of aromatic nitrogens is 1. The Morgan fingerprint density at radius 3 is 2.95 bits per heavy atom. The second-order valence-electron chi connectivity index (χ2n) is 12.2. The summed E-state index contributed by atoms with van der Waals surface area (Å²) < 4.78 is 18.2. The van der Waals surface area contributed by atoms with E-state index in [4.69, 9.17) is 19.2 Å². The second kappa shape index (κ2) is 12.5. The maximum Gasteiger partial charge on any atom is 0.325 e. The number of rotatable bonds is 11. The SMILES string of the molecule is COC(C)(C)C1COc2cc(C)cc([C@@H](C(=O)O)N3CC[C@@H](OCCCCc4ccc5c(n4)NCCC5)C3)c2C1. The van der Waals surface area contributed by atoms with Crippen LogP contribution < -0.4 is 10.1 Å². The van der Waals surface area contributed by atoms with E-state index < -0.39 is 12.0 Å². The molecule has 3 aliphatic heterocycles. The van der Waals surface area contributed by atoms with Gasteiger partial charge in [-0.2, -0.15) is 0 Å². The lowest BCUT2D eigenvalue weighted by Gasteiger charge is -2.38. The van der Waals surface area contributed by atoms with Crippen LogP contribution in [0.25, 0.3) is 0 Å². The topological polar surface area (TPSA) is 93.2 Å². The van der Waals surface area contributed by atoms with Gasteiger partial charge in [0.05, 0.1) is 18.3 Å². The number of nitrogens with one attached hydrogen (secondary N) is 1. The number of nitrogens with zero attached hydrogens (tertiary/aromatic N) is 2. The van der Waals surface area contributed by atoms with Crippen molar-refractivity contribution in [3.8, 4) is 5.75 Å². The van der Waals surface area contributed by atoms with Crippen molar-refractivity contribution in [2.75, 3.05) is 45.3 Å². The molecule has 1 unspecified atom stereocenters. The van der Waals surface area contributed by atoms with Crippen LogP contribution in [0.5, 0.6) is 5.75 Å². The van der Waals surface area contributed by atoms with Crippen molar-refractivity contribution in [3.63, 3.8) is 0 Å². The molecule has 3 aliphatic rings. The molecule has 5 rings (SSSR count). The van der Waals surface area contributed by atoms with Gasteiger partial charge in [0.15, 0.2) is 0 Å². The van der Waals surface area contributed by atoms with Gasteiger partial charge in [-0.3, -0.25) is 9.69 Å². The quantitative estimate of drug-likeness (QED) is 0.379. The highest BCUT2D eigenvalue weighted by Crippen LogP contribution is 2.40. The van der Waals surface area contributed by atoms with Gasteiger partial charge in [0.25, 0.3) is 0 Å². The van der Waals surface area contributed by atoms with Crippen molar-refractivity contribution in [2.45, 2.75) is 83.5 Å². The highest BCUT2D eigenvalue weighted by molar-refractivity contribution is 5.77. The van der Waals surface area contributed by atoms with Gasteiger partial charge in [-0.05, 0) is 94.5 Å². The zero-order chi connectivity index (χ0) is 28.3. The van der Waals surface area contributed by atoms with Crippen LogP contribution in [0, 0.1) is 12.8 Å². The number of hydrogen-bond donors (Lipinski definition) is 2. The van der Waals surface area contributed by atoms with Gasteiger partial charge >= 0.3 is 5.97 Å². The number of carbonyl (C=O) groups is 1. The molecule has 40 heavy (non-hydrogen) atoms. The average Bonchev–Trinajstić information content (AvgIpc) is 3.40. The molecule has 218 valence electrons. The van der Waals surface area contributed by atoms with Crippen LogP contribution in [-0.4, -0.2) is 72.6 Å². The highest BCUT2D eigenvalue weighted by atomic mass is 16.5. The normalized spacial score (nSPS) is 21.7. The predicted octanol–water partition coefficient (Wildman–Crippen LogP) is 4.96. The summed E-state index contributed by atoms with van der Waals surface area (Å²) in [6, 6.07) is 7.70. The van der Waals surface area contributed by atoms with Crippen LogP contribution >= 0.6 is 0 Å². The zero-order valence-electron chi connectivity index (χ0n) is 24.5. The smallest absolute Gasteiger partial charge is 0.325 e. The van der Waals surface area contributed by atoms with E-state index in [1.807, 2.05) is 19.1 Å². The highest BCUT2D eigenvalue weighted by Gasteiger charge is 2.39. The van der Waals surface area contributed by atoms with E-state index in [1.165, 1.54) is 12.0 Å². The molecule has 2 N–H and O–H groups in total. The van der Waals surface area contributed by atoms with Crippen LogP contribution in [0.1, 0.15) is 73.5 Å². The standard InChI is InChI=1S/C32H45N3O5/c1-21-16-27(26-18-23(32(2,3)38-4)20-40-28(26)17-21)29(31(36)37)35-14-12-25(19-35)39-15-6-5-9-24-11-10-22-8-7-13-33-30(22)34-24/h10-11,16-17,23,25,29H,5-9,12-15,18-20H2,1-4H3,(H,33,34)(H,36,37)/t23?,25-,29+/m1/s1. The molecule has 0 spiro atoms. The molecule has 0 amide bonds. The Morgan fingerprint density at radius 2 is 2.15 bits per heavy atom. The van der Waals surface area contributed by atoms with E-state index in [2.05, 4.69) is 36.2 Å². The summed E-state index contributed by atoms with van der Waals surface area (Å²) >= 11 is 0. The number of carboxylic acids is 1. The van der Waals surface area contributed by atoms with Gasteiger partial charge in [0, 0.05) is 50.5 Å². The molecule has 8 heteroatoms. The number of ether oxygens (including phenoxy) is 3. The number of aliphatic carboxylic acids is 1. The largest absolute Gasteiger partial charge is 0.493 e. The van der Waals surface area contributed by atoms with Crippen molar-refractivity contribution >= 4 is 11.8 Å². The maximum absolute atomic E-state index is 12.7. The summed E-state index contributed by atoms with van der Waals surface area (Å²) in [4.78, 5) is 19.5. The van der Waals surface area contributed by atoms with E-state index in [1.54, 1.807) is 7.11 Å². The van der Waals surface area contributed by atoms with Crippen LogP contribution in [0.3, 0.4) is 0 Å². The molecule has 1 aromatic carbocycles. The van der Waals surface area contributed by atoms with Crippen LogP contribution in [0.15, 0.2) is 24.3 Å². The Morgan fingerprint density at radius 1 is 1.30 bits per heavy atom. The Bertz CT molecular complexity index is 1200. The van der Waals surface area contributed by atoms with Gasteiger partial charge in [-0.25, -0.2) is 4.98 Å². The molecule has 4 heterocycles. The minimum atomic E-state index is -0.825. The molecule has 0 aliphatic carbocycles. The average molecular weight is 552 g/mol. The lowest BCUT2D eigenvalue weighted by molar-refractivity contribution is -0.143. The molecule has 2 aromatic rings. The van der Waals surface area contributed by atoms with Crippen molar-refractivity contribution < 1.29 is 24.1 Å².